The lowest BCUT2D eigenvalue weighted by Gasteiger charge is -2.24. The Morgan fingerprint density at radius 3 is 2.70 bits per heavy atom. The molecule has 1 aliphatic rings. The van der Waals surface area contributed by atoms with E-state index >= 15 is 0 Å². The normalized spacial score (nSPS) is 16.9. The molecule has 4 nitrogen and oxygen atoms in total. The fourth-order valence-electron chi connectivity index (χ4n) is 4.31. The Morgan fingerprint density at radius 1 is 0.933 bits per heavy atom. The lowest BCUT2D eigenvalue weighted by molar-refractivity contribution is 0.244. The Hall–Kier alpha value is -2.82. The van der Waals surface area contributed by atoms with E-state index in [0.29, 0.717) is 6.04 Å². The smallest absolute Gasteiger partial charge is 0.0890 e. The highest BCUT2D eigenvalue weighted by atomic mass is 35.5. The molecule has 0 N–H and O–H groups in total. The van der Waals surface area contributed by atoms with E-state index in [-0.39, 0.29) is 0 Å². The number of halogens is 1. The van der Waals surface area contributed by atoms with Crippen LogP contribution in [0.1, 0.15) is 41.4 Å². The highest BCUT2D eigenvalue weighted by molar-refractivity contribution is 6.31. The standard InChI is InChI=1S/C25H23ClN4/c26-21-7-2-1-5-19(21)16-20-6-3-8-23(29-20)25-9-4-14-30(25)17-18-10-11-22-24(15-18)28-13-12-27-22/h1-3,5-8,10-13,15,25H,4,9,14,16-17H2/t25-/m1/s1. The van der Waals surface area contributed by atoms with E-state index in [4.69, 9.17) is 16.6 Å². The molecule has 5 heteroatoms. The molecular weight excluding hydrogens is 392 g/mol. The van der Waals surface area contributed by atoms with E-state index in [1.165, 1.54) is 12.0 Å². The fourth-order valence-corrected chi connectivity index (χ4v) is 4.51. The van der Waals surface area contributed by atoms with Gasteiger partial charge < -0.3 is 0 Å². The van der Waals surface area contributed by atoms with Crippen LogP contribution in [0.2, 0.25) is 5.02 Å². The molecule has 30 heavy (non-hydrogen) atoms. The average molecular weight is 415 g/mol. The Balaban J connectivity index is 1.36. The van der Waals surface area contributed by atoms with Crippen molar-refractivity contribution in [2.45, 2.75) is 31.8 Å². The number of aromatic nitrogens is 3. The highest BCUT2D eigenvalue weighted by Crippen LogP contribution is 2.33. The summed E-state index contributed by atoms with van der Waals surface area (Å²) < 4.78 is 0. The number of likely N-dealkylation sites (tertiary alicyclic amines) is 1. The molecule has 1 aliphatic heterocycles. The van der Waals surface area contributed by atoms with Crippen LogP contribution in [0.15, 0.2) is 73.1 Å². The van der Waals surface area contributed by atoms with Gasteiger partial charge in [0.2, 0.25) is 0 Å². The molecule has 150 valence electrons. The van der Waals surface area contributed by atoms with Gasteiger partial charge in [-0.3, -0.25) is 19.9 Å². The minimum Gasteiger partial charge on any atom is -0.291 e. The van der Waals surface area contributed by atoms with E-state index < -0.39 is 0 Å². The van der Waals surface area contributed by atoms with Crippen molar-refractivity contribution in [1.29, 1.82) is 0 Å². The van der Waals surface area contributed by atoms with Crippen LogP contribution in [0.5, 0.6) is 0 Å². The zero-order chi connectivity index (χ0) is 20.3. The summed E-state index contributed by atoms with van der Waals surface area (Å²) in [5, 5.41) is 0.798. The van der Waals surface area contributed by atoms with Crippen molar-refractivity contribution in [2.24, 2.45) is 0 Å². The first-order chi connectivity index (χ1) is 14.8. The van der Waals surface area contributed by atoms with Crippen molar-refractivity contribution < 1.29 is 0 Å². The van der Waals surface area contributed by atoms with Crippen LogP contribution in [0.25, 0.3) is 11.0 Å². The zero-order valence-electron chi connectivity index (χ0n) is 16.7. The Labute approximate surface area is 181 Å². The summed E-state index contributed by atoms with van der Waals surface area (Å²) in [6, 6.07) is 21.1. The van der Waals surface area contributed by atoms with Gasteiger partial charge in [-0.1, -0.05) is 41.9 Å². The van der Waals surface area contributed by atoms with Crippen molar-refractivity contribution in [3.8, 4) is 0 Å². The molecule has 2 aromatic carbocycles. The molecule has 3 heterocycles. The monoisotopic (exact) mass is 414 g/mol. The Kier molecular flexibility index (Phi) is 5.43. The first kappa shape index (κ1) is 19.2. The first-order valence-electron chi connectivity index (χ1n) is 10.4. The van der Waals surface area contributed by atoms with Crippen molar-refractivity contribution in [1.82, 2.24) is 19.9 Å². The summed E-state index contributed by atoms with van der Waals surface area (Å²) in [5.74, 6) is 0. The molecule has 0 aliphatic carbocycles. The predicted octanol–water partition coefficient (Wildman–Crippen LogP) is 5.61. The van der Waals surface area contributed by atoms with Gasteiger partial charge in [0.25, 0.3) is 0 Å². The van der Waals surface area contributed by atoms with Gasteiger partial charge in [-0.15, -0.1) is 0 Å². The molecule has 1 atom stereocenters. The molecule has 2 aromatic heterocycles. The summed E-state index contributed by atoms with van der Waals surface area (Å²) in [4.78, 5) is 16.4. The van der Waals surface area contributed by atoms with Crippen LogP contribution in [0.4, 0.5) is 0 Å². The lowest BCUT2D eigenvalue weighted by Crippen LogP contribution is -2.23. The van der Waals surface area contributed by atoms with Crippen molar-refractivity contribution in [2.75, 3.05) is 6.54 Å². The van der Waals surface area contributed by atoms with Crippen LogP contribution in [-0.4, -0.2) is 26.4 Å². The fraction of sp³-hybridized carbons (Fsp3) is 0.240. The zero-order valence-corrected chi connectivity index (χ0v) is 17.5. The van der Waals surface area contributed by atoms with E-state index in [1.807, 2.05) is 18.2 Å². The lowest BCUT2D eigenvalue weighted by atomic mass is 10.1. The second kappa shape index (κ2) is 8.50. The van der Waals surface area contributed by atoms with E-state index in [1.54, 1.807) is 12.4 Å². The summed E-state index contributed by atoms with van der Waals surface area (Å²) in [5.41, 5.74) is 6.48. The quantitative estimate of drug-likeness (QED) is 0.426. The number of rotatable bonds is 5. The first-order valence-corrected chi connectivity index (χ1v) is 10.8. The van der Waals surface area contributed by atoms with Crippen LogP contribution in [-0.2, 0) is 13.0 Å². The van der Waals surface area contributed by atoms with Gasteiger partial charge in [-0.25, -0.2) is 0 Å². The molecule has 5 rings (SSSR count). The molecule has 0 bridgehead atoms. The third-order valence-corrected chi connectivity index (χ3v) is 6.15. The third kappa shape index (κ3) is 4.07. The molecule has 0 unspecified atom stereocenters. The number of pyridine rings is 1. The van der Waals surface area contributed by atoms with Gasteiger partial charge in [-0.05, 0) is 60.8 Å². The number of benzene rings is 2. The minimum absolute atomic E-state index is 0.341. The SMILES string of the molecule is Clc1ccccc1Cc1cccc([C@H]2CCCN2Cc2ccc3nccnc3c2)n1. The van der Waals surface area contributed by atoms with Crippen LogP contribution in [0, 0.1) is 0 Å². The number of hydrogen-bond donors (Lipinski definition) is 0. The molecule has 0 spiro atoms. The highest BCUT2D eigenvalue weighted by Gasteiger charge is 2.27. The minimum atomic E-state index is 0.341. The molecule has 1 saturated heterocycles. The van der Waals surface area contributed by atoms with Gasteiger partial charge in [-0.2, -0.15) is 0 Å². The van der Waals surface area contributed by atoms with Crippen LogP contribution in [0.3, 0.4) is 0 Å². The topological polar surface area (TPSA) is 41.9 Å². The molecule has 0 radical (unpaired) electrons. The second-order valence-corrected chi connectivity index (χ2v) is 8.24. The van der Waals surface area contributed by atoms with Crippen molar-refractivity contribution in [3.05, 3.63) is 101 Å². The van der Waals surface area contributed by atoms with Gasteiger partial charge in [0, 0.05) is 36.1 Å². The molecule has 4 aromatic rings. The molecule has 0 amide bonds. The maximum absolute atomic E-state index is 6.35. The number of nitrogens with zero attached hydrogens (tertiary/aromatic N) is 4. The van der Waals surface area contributed by atoms with Gasteiger partial charge >= 0.3 is 0 Å². The third-order valence-electron chi connectivity index (χ3n) is 5.78. The summed E-state index contributed by atoms with van der Waals surface area (Å²) >= 11 is 6.35. The molecule has 1 fully saturated rings. The Bertz CT molecular complexity index is 1180. The van der Waals surface area contributed by atoms with Crippen LogP contribution < -0.4 is 0 Å². The summed E-state index contributed by atoms with van der Waals surface area (Å²) in [6.07, 6.45) is 6.56. The maximum Gasteiger partial charge on any atom is 0.0890 e. The van der Waals surface area contributed by atoms with Gasteiger partial charge in [0.1, 0.15) is 0 Å². The molecule has 0 saturated carbocycles. The van der Waals surface area contributed by atoms with Gasteiger partial charge in [0.15, 0.2) is 0 Å². The van der Waals surface area contributed by atoms with E-state index in [9.17, 15) is 0 Å². The van der Waals surface area contributed by atoms with Crippen molar-refractivity contribution in [3.63, 3.8) is 0 Å². The number of hydrogen-bond acceptors (Lipinski definition) is 4. The molecular formula is C25H23ClN4. The summed E-state index contributed by atoms with van der Waals surface area (Å²) in [7, 11) is 0. The maximum atomic E-state index is 6.35. The van der Waals surface area contributed by atoms with Crippen LogP contribution >= 0.6 is 11.6 Å². The second-order valence-electron chi connectivity index (χ2n) is 7.83. The largest absolute Gasteiger partial charge is 0.291 e. The Morgan fingerprint density at radius 2 is 1.80 bits per heavy atom. The summed E-state index contributed by atoms with van der Waals surface area (Å²) in [6.45, 7) is 1.98. The number of fused-ring (bicyclic) bond motifs is 1. The van der Waals surface area contributed by atoms with E-state index in [0.717, 1.165) is 58.9 Å². The van der Waals surface area contributed by atoms with Crippen molar-refractivity contribution >= 4 is 22.6 Å². The predicted molar refractivity (Wildman–Crippen MR) is 120 cm³/mol. The van der Waals surface area contributed by atoms with E-state index in [2.05, 4.69) is 57.3 Å². The average Bonchev–Trinajstić information content (AvgIpc) is 3.24. The van der Waals surface area contributed by atoms with Gasteiger partial charge in [0.05, 0.1) is 22.8 Å².